The normalized spacial score (nSPS) is 18.7. The lowest BCUT2D eigenvalue weighted by molar-refractivity contribution is 0.0693. The van der Waals surface area contributed by atoms with Gasteiger partial charge in [-0.15, -0.1) is 0 Å². The summed E-state index contributed by atoms with van der Waals surface area (Å²) in [6.45, 7) is 5.48. The number of hydrogen-bond acceptors (Lipinski definition) is 3. The first-order valence-electron chi connectivity index (χ1n) is 7.97. The average molecular weight is 310 g/mol. The molecule has 3 rings (SSSR count). The number of hydrogen-bond donors (Lipinski definition) is 2. The molecule has 4 heteroatoms. The Hall–Kier alpha value is -2.17. The molecule has 1 fully saturated rings. The number of carbonyl (C=O) groups is 1. The average Bonchev–Trinajstić information content (AvgIpc) is 2.56. The van der Waals surface area contributed by atoms with Crippen molar-refractivity contribution in [1.29, 1.82) is 0 Å². The molecule has 2 aromatic carbocycles. The lowest BCUT2D eigenvalue weighted by Gasteiger charge is -2.37. The summed E-state index contributed by atoms with van der Waals surface area (Å²) in [5.41, 5.74) is 3.80. The Balaban J connectivity index is 1.87. The third kappa shape index (κ3) is 3.60. The van der Waals surface area contributed by atoms with Crippen LogP contribution in [0.2, 0.25) is 0 Å². The molecule has 2 N–H and O–H groups in total. The van der Waals surface area contributed by atoms with Crippen molar-refractivity contribution in [3.05, 3.63) is 70.8 Å². The minimum Gasteiger partial charge on any atom is -0.478 e. The van der Waals surface area contributed by atoms with Crippen LogP contribution in [0.25, 0.3) is 0 Å². The van der Waals surface area contributed by atoms with Crippen molar-refractivity contribution in [2.75, 3.05) is 19.6 Å². The van der Waals surface area contributed by atoms with Gasteiger partial charge in [-0.1, -0.05) is 48.0 Å². The molecule has 1 heterocycles. The summed E-state index contributed by atoms with van der Waals surface area (Å²) in [6, 6.07) is 16.1. The van der Waals surface area contributed by atoms with Gasteiger partial charge in [0.25, 0.3) is 0 Å². The largest absolute Gasteiger partial charge is 0.478 e. The molecular formula is C19H22N2O2. The molecule has 1 aliphatic rings. The van der Waals surface area contributed by atoms with Gasteiger partial charge in [0.15, 0.2) is 0 Å². The Morgan fingerprint density at radius 3 is 2.87 bits per heavy atom. The fourth-order valence-corrected chi connectivity index (χ4v) is 3.23. The van der Waals surface area contributed by atoms with E-state index in [0.717, 1.165) is 25.2 Å². The second-order valence-corrected chi connectivity index (χ2v) is 6.07. The number of piperazine rings is 1. The van der Waals surface area contributed by atoms with Crippen LogP contribution in [0.3, 0.4) is 0 Å². The van der Waals surface area contributed by atoms with Gasteiger partial charge in [0.05, 0.1) is 5.56 Å². The van der Waals surface area contributed by atoms with Crippen molar-refractivity contribution in [3.8, 4) is 0 Å². The number of carboxylic acid groups (broad SMARTS) is 1. The SMILES string of the molecule is Cc1cccc(C2CNCCN2Cc2ccccc2C(=O)O)c1. The van der Waals surface area contributed by atoms with Crippen LogP contribution in [0, 0.1) is 6.92 Å². The summed E-state index contributed by atoms with van der Waals surface area (Å²) < 4.78 is 0. The molecule has 0 saturated carbocycles. The Bertz CT molecular complexity index is 699. The molecule has 1 aliphatic heterocycles. The van der Waals surface area contributed by atoms with Crippen molar-refractivity contribution in [3.63, 3.8) is 0 Å². The van der Waals surface area contributed by atoms with Crippen molar-refractivity contribution in [1.82, 2.24) is 10.2 Å². The monoisotopic (exact) mass is 310 g/mol. The van der Waals surface area contributed by atoms with E-state index in [0.29, 0.717) is 12.1 Å². The van der Waals surface area contributed by atoms with Crippen LogP contribution in [0.1, 0.15) is 33.1 Å². The summed E-state index contributed by atoms with van der Waals surface area (Å²) in [7, 11) is 0. The van der Waals surface area contributed by atoms with Gasteiger partial charge in [0, 0.05) is 32.2 Å². The summed E-state index contributed by atoms with van der Waals surface area (Å²) in [5.74, 6) is -0.858. The molecule has 0 aliphatic carbocycles. The topological polar surface area (TPSA) is 52.6 Å². The smallest absolute Gasteiger partial charge is 0.336 e. The Kier molecular flexibility index (Phi) is 4.74. The molecule has 2 aromatic rings. The zero-order valence-electron chi connectivity index (χ0n) is 13.3. The van der Waals surface area contributed by atoms with Gasteiger partial charge in [-0.25, -0.2) is 4.79 Å². The lowest BCUT2D eigenvalue weighted by atomic mass is 9.99. The van der Waals surface area contributed by atoms with Crippen molar-refractivity contribution in [2.45, 2.75) is 19.5 Å². The maximum atomic E-state index is 11.4. The number of benzene rings is 2. The van der Waals surface area contributed by atoms with Crippen molar-refractivity contribution in [2.24, 2.45) is 0 Å². The van der Waals surface area contributed by atoms with Gasteiger partial charge in [0.1, 0.15) is 0 Å². The van der Waals surface area contributed by atoms with Crippen LogP contribution in [0.4, 0.5) is 0 Å². The van der Waals surface area contributed by atoms with Gasteiger partial charge < -0.3 is 10.4 Å². The number of aromatic carboxylic acids is 1. The van der Waals surface area contributed by atoms with Crippen LogP contribution in [0.5, 0.6) is 0 Å². The number of carboxylic acids is 1. The number of rotatable bonds is 4. The second-order valence-electron chi connectivity index (χ2n) is 6.07. The van der Waals surface area contributed by atoms with E-state index in [1.807, 2.05) is 12.1 Å². The van der Waals surface area contributed by atoms with E-state index in [2.05, 4.69) is 41.4 Å². The fraction of sp³-hybridized carbons (Fsp3) is 0.316. The number of nitrogens with one attached hydrogen (secondary N) is 1. The van der Waals surface area contributed by atoms with Crippen molar-refractivity contribution < 1.29 is 9.90 Å². The highest BCUT2D eigenvalue weighted by Gasteiger charge is 2.25. The Morgan fingerprint density at radius 1 is 1.26 bits per heavy atom. The Morgan fingerprint density at radius 2 is 2.09 bits per heavy atom. The van der Waals surface area contributed by atoms with Crippen LogP contribution < -0.4 is 5.32 Å². The van der Waals surface area contributed by atoms with Gasteiger partial charge in [-0.2, -0.15) is 0 Å². The Labute approximate surface area is 136 Å². The quantitative estimate of drug-likeness (QED) is 0.912. The fourth-order valence-electron chi connectivity index (χ4n) is 3.23. The molecule has 0 radical (unpaired) electrons. The molecule has 120 valence electrons. The zero-order valence-corrected chi connectivity index (χ0v) is 13.3. The van der Waals surface area contributed by atoms with Gasteiger partial charge >= 0.3 is 5.97 Å². The van der Waals surface area contributed by atoms with Crippen LogP contribution in [0.15, 0.2) is 48.5 Å². The van der Waals surface area contributed by atoms with Crippen LogP contribution >= 0.6 is 0 Å². The maximum absolute atomic E-state index is 11.4. The summed E-state index contributed by atoms with van der Waals surface area (Å²) in [4.78, 5) is 13.8. The highest BCUT2D eigenvalue weighted by Crippen LogP contribution is 2.25. The van der Waals surface area contributed by atoms with E-state index >= 15 is 0 Å². The molecule has 4 nitrogen and oxygen atoms in total. The molecule has 0 spiro atoms. The molecular weight excluding hydrogens is 288 g/mol. The third-order valence-corrected chi connectivity index (χ3v) is 4.40. The molecule has 1 atom stereocenters. The summed E-state index contributed by atoms with van der Waals surface area (Å²) >= 11 is 0. The minimum absolute atomic E-state index is 0.269. The van der Waals surface area contributed by atoms with E-state index in [-0.39, 0.29) is 6.04 Å². The molecule has 0 aromatic heterocycles. The molecule has 0 amide bonds. The van der Waals surface area contributed by atoms with E-state index in [1.54, 1.807) is 12.1 Å². The van der Waals surface area contributed by atoms with Gasteiger partial charge in [0.2, 0.25) is 0 Å². The minimum atomic E-state index is -0.858. The summed E-state index contributed by atoms with van der Waals surface area (Å²) in [6.07, 6.45) is 0. The van der Waals surface area contributed by atoms with E-state index in [4.69, 9.17) is 0 Å². The van der Waals surface area contributed by atoms with Crippen LogP contribution in [-0.4, -0.2) is 35.6 Å². The molecule has 23 heavy (non-hydrogen) atoms. The van der Waals surface area contributed by atoms with E-state index in [9.17, 15) is 9.90 Å². The highest BCUT2D eigenvalue weighted by molar-refractivity contribution is 5.89. The third-order valence-electron chi connectivity index (χ3n) is 4.40. The van der Waals surface area contributed by atoms with Crippen LogP contribution in [-0.2, 0) is 6.54 Å². The van der Waals surface area contributed by atoms with E-state index in [1.165, 1.54) is 11.1 Å². The van der Waals surface area contributed by atoms with Crippen molar-refractivity contribution >= 4 is 5.97 Å². The van der Waals surface area contributed by atoms with E-state index < -0.39 is 5.97 Å². The molecule has 1 saturated heterocycles. The second kappa shape index (κ2) is 6.94. The first-order chi connectivity index (χ1) is 11.1. The predicted octanol–water partition coefficient (Wildman–Crippen LogP) is 2.84. The maximum Gasteiger partial charge on any atom is 0.336 e. The highest BCUT2D eigenvalue weighted by atomic mass is 16.4. The number of aryl methyl sites for hydroxylation is 1. The standard InChI is InChI=1S/C19H22N2O2/c1-14-5-4-7-15(11-14)18-12-20-9-10-21(18)13-16-6-2-3-8-17(16)19(22)23/h2-8,11,18,20H,9-10,12-13H2,1H3,(H,22,23). The first-order valence-corrected chi connectivity index (χ1v) is 7.97. The van der Waals surface area contributed by atoms with Gasteiger partial charge in [-0.3, -0.25) is 4.90 Å². The molecule has 0 bridgehead atoms. The lowest BCUT2D eigenvalue weighted by Crippen LogP contribution is -2.45. The summed E-state index contributed by atoms with van der Waals surface area (Å²) in [5, 5.41) is 12.8. The number of nitrogens with zero attached hydrogens (tertiary/aromatic N) is 1. The predicted molar refractivity (Wildman–Crippen MR) is 90.6 cm³/mol. The zero-order chi connectivity index (χ0) is 16.2. The van der Waals surface area contributed by atoms with Gasteiger partial charge in [-0.05, 0) is 24.1 Å². The first kappa shape index (κ1) is 15.7. The molecule has 1 unspecified atom stereocenters.